The van der Waals surface area contributed by atoms with E-state index in [1.54, 1.807) is 0 Å². The highest BCUT2D eigenvalue weighted by Gasteiger charge is 2.16. The quantitative estimate of drug-likeness (QED) is 0.326. The topological polar surface area (TPSA) is 183 Å². The molecule has 0 atom stereocenters. The Kier molecular flexibility index (Phi) is 9.32. The number of hydrogen-bond acceptors (Lipinski definition) is 8. The Hall–Kier alpha value is -3.33. The van der Waals surface area contributed by atoms with E-state index in [0.717, 1.165) is 40.2 Å². The largest absolute Gasteiger partial charge is 0.369 e. The molecule has 14 heteroatoms. The molecule has 4 rings (SSSR count). The van der Waals surface area contributed by atoms with Crippen molar-refractivity contribution in [3.8, 4) is 22.5 Å². The maximum atomic E-state index is 9.19. The SMILES string of the molecule is CC(C)Cn1c(N)nc2ccc(-c3cn(C)nc3-c3ccccc3)nc21.CS(=O)(=O)O.CS(=O)(=O)O. The molecule has 0 bridgehead atoms. The number of aromatic nitrogens is 5. The molecular weight excluding hydrogens is 508 g/mol. The number of fused-ring (bicyclic) bond motifs is 1. The van der Waals surface area contributed by atoms with Gasteiger partial charge in [-0.3, -0.25) is 18.4 Å². The van der Waals surface area contributed by atoms with Gasteiger partial charge in [0.2, 0.25) is 5.95 Å². The van der Waals surface area contributed by atoms with Crippen LogP contribution in [-0.4, -0.2) is 62.8 Å². The molecule has 4 N–H and O–H groups in total. The summed E-state index contributed by atoms with van der Waals surface area (Å²) in [6.07, 6.45) is 3.43. The van der Waals surface area contributed by atoms with Gasteiger partial charge in [-0.15, -0.1) is 0 Å². The number of nitrogens with zero attached hydrogens (tertiary/aromatic N) is 5. The van der Waals surface area contributed by atoms with Crippen molar-refractivity contribution in [3.63, 3.8) is 0 Å². The fraction of sp³-hybridized carbons (Fsp3) is 0.318. The fourth-order valence-corrected chi connectivity index (χ4v) is 3.20. The summed E-state index contributed by atoms with van der Waals surface area (Å²) in [7, 11) is -5.41. The highest BCUT2D eigenvalue weighted by molar-refractivity contribution is 7.85. The molecule has 0 amide bonds. The monoisotopic (exact) mass is 538 g/mol. The average molecular weight is 539 g/mol. The Morgan fingerprint density at radius 1 is 0.944 bits per heavy atom. The van der Waals surface area contributed by atoms with Crippen molar-refractivity contribution in [1.82, 2.24) is 24.3 Å². The minimum Gasteiger partial charge on any atom is -0.369 e. The van der Waals surface area contributed by atoms with E-state index in [2.05, 4.69) is 36.1 Å². The Bertz CT molecular complexity index is 1480. The Morgan fingerprint density at radius 3 is 2.03 bits per heavy atom. The molecule has 0 unspecified atom stereocenters. The second-order valence-electron chi connectivity index (χ2n) is 8.41. The van der Waals surface area contributed by atoms with Gasteiger partial charge < -0.3 is 5.73 Å². The molecule has 3 aromatic heterocycles. The van der Waals surface area contributed by atoms with E-state index in [-0.39, 0.29) is 0 Å². The number of anilines is 1. The number of imidazole rings is 1. The van der Waals surface area contributed by atoms with Crippen molar-refractivity contribution in [2.24, 2.45) is 13.0 Å². The molecule has 0 aliphatic rings. The first kappa shape index (κ1) is 28.9. The third-order valence-electron chi connectivity index (χ3n) is 4.32. The predicted molar refractivity (Wildman–Crippen MR) is 139 cm³/mol. The van der Waals surface area contributed by atoms with Crippen LogP contribution in [0.1, 0.15) is 13.8 Å². The summed E-state index contributed by atoms with van der Waals surface area (Å²) in [5.74, 6) is 0.964. The zero-order valence-electron chi connectivity index (χ0n) is 20.6. The predicted octanol–water partition coefficient (Wildman–Crippen LogP) is 2.75. The lowest BCUT2D eigenvalue weighted by Crippen LogP contribution is -2.08. The molecule has 0 saturated heterocycles. The van der Waals surface area contributed by atoms with Crippen molar-refractivity contribution in [2.45, 2.75) is 20.4 Å². The number of hydrogen-bond donors (Lipinski definition) is 3. The van der Waals surface area contributed by atoms with Crippen LogP contribution in [0.4, 0.5) is 5.95 Å². The molecule has 0 spiro atoms. The van der Waals surface area contributed by atoms with E-state index >= 15 is 0 Å². The van der Waals surface area contributed by atoms with Crippen LogP contribution >= 0.6 is 0 Å². The smallest absolute Gasteiger partial charge is 0.261 e. The number of nitrogen functional groups attached to an aromatic ring is 1. The molecular formula is C22H30N6O6S2. The van der Waals surface area contributed by atoms with Gasteiger partial charge in [-0.1, -0.05) is 44.2 Å². The van der Waals surface area contributed by atoms with Gasteiger partial charge in [-0.25, -0.2) is 9.97 Å². The molecule has 0 fully saturated rings. The molecule has 4 aromatic rings. The summed E-state index contributed by atoms with van der Waals surface area (Å²) in [6.45, 7) is 5.10. The van der Waals surface area contributed by atoms with Gasteiger partial charge in [0.25, 0.3) is 20.2 Å². The van der Waals surface area contributed by atoms with Crippen molar-refractivity contribution in [3.05, 3.63) is 48.7 Å². The summed E-state index contributed by atoms with van der Waals surface area (Å²) in [4.78, 5) is 9.33. The lowest BCUT2D eigenvalue weighted by molar-refractivity contribution is 0.488. The molecule has 0 aliphatic heterocycles. The van der Waals surface area contributed by atoms with E-state index < -0.39 is 20.2 Å². The van der Waals surface area contributed by atoms with Crippen LogP contribution in [0.2, 0.25) is 0 Å². The third kappa shape index (κ3) is 9.37. The summed E-state index contributed by atoms with van der Waals surface area (Å²) in [5.41, 5.74) is 11.6. The fourth-order valence-electron chi connectivity index (χ4n) is 3.20. The van der Waals surface area contributed by atoms with Crippen LogP contribution in [0.15, 0.2) is 48.7 Å². The molecule has 196 valence electrons. The molecule has 0 radical (unpaired) electrons. The Morgan fingerprint density at radius 2 is 1.50 bits per heavy atom. The van der Waals surface area contributed by atoms with Crippen LogP contribution in [0.3, 0.4) is 0 Å². The summed E-state index contributed by atoms with van der Waals surface area (Å²) in [5, 5.41) is 4.64. The van der Waals surface area contributed by atoms with E-state index in [1.807, 2.05) is 52.8 Å². The zero-order valence-corrected chi connectivity index (χ0v) is 22.2. The summed E-state index contributed by atoms with van der Waals surface area (Å²) in [6, 6.07) is 14.1. The first-order chi connectivity index (χ1) is 16.5. The molecule has 36 heavy (non-hydrogen) atoms. The molecule has 3 heterocycles. The lowest BCUT2D eigenvalue weighted by Gasteiger charge is -2.09. The molecule has 0 aliphatic carbocycles. The van der Waals surface area contributed by atoms with Gasteiger partial charge in [0.05, 0.1) is 18.2 Å². The first-order valence-electron chi connectivity index (χ1n) is 10.6. The standard InChI is InChI=1S/C20H22N6.2CH4O3S/c1-13(2)11-26-19-17(23-20(26)21)10-9-16(22-19)15-12-25(3)24-18(15)14-7-5-4-6-8-14;2*1-5(2,3)4/h4-10,12-13H,11H2,1-3H3,(H2,21,23);2*1H3,(H,2,3,4). The van der Waals surface area contributed by atoms with Crippen molar-refractivity contribution in [2.75, 3.05) is 18.2 Å². The van der Waals surface area contributed by atoms with Gasteiger partial charge in [0.15, 0.2) is 5.65 Å². The van der Waals surface area contributed by atoms with Gasteiger partial charge in [0, 0.05) is 30.9 Å². The number of benzene rings is 1. The van der Waals surface area contributed by atoms with Crippen LogP contribution in [0.5, 0.6) is 0 Å². The van der Waals surface area contributed by atoms with Gasteiger partial charge in [-0.2, -0.15) is 21.9 Å². The average Bonchev–Trinajstić information content (AvgIpc) is 3.25. The van der Waals surface area contributed by atoms with E-state index in [9.17, 15) is 16.8 Å². The highest BCUT2D eigenvalue weighted by atomic mass is 32.2. The summed E-state index contributed by atoms with van der Waals surface area (Å²) >= 11 is 0. The molecule has 0 saturated carbocycles. The lowest BCUT2D eigenvalue weighted by atomic mass is 10.1. The van der Waals surface area contributed by atoms with E-state index in [4.69, 9.17) is 19.8 Å². The van der Waals surface area contributed by atoms with Crippen molar-refractivity contribution in [1.29, 1.82) is 0 Å². The number of aryl methyl sites for hydroxylation is 1. The van der Waals surface area contributed by atoms with Crippen molar-refractivity contribution < 1.29 is 25.9 Å². The Balaban J connectivity index is 0.000000389. The van der Waals surface area contributed by atoms with Crippen LogP contribution in [-0.2, 0) is 33.8 Å². The second kappa shape index (κ2) is 11.6. The number of pyridine rings is 1. The van der Waals surface area contributed by atoms with E-state index in [0.29, 0.717) is 24.4 Å². The minimum absolute atomic E-state index is 0.457. The van der Waals surface area contributed by atoms with Gasteiger partial charge in [-0.05, 0) is 18.1 Å². The normalized spacial score (nSPS) is 11.6. The summed E-state index contributed by atoms with van der Waals surface area (Å²) < 4.78 is 55.5. The third-order valence-corrected chi connectivity index (χ3v) is 4.32. The minimum atomic E-state index is -3.67. The van der Waals surface area contributed by atoms with Gasteiger partial charge >= 0.3 is 0 Å². The Labute approximate surface area is 210 Å². The maximum Gasteiger partial charge on any atom is 0.261 e. The van der Waals surface area contributed by atoms with Crippen molar-refractivity contribution >= 4 is 37.3 Å². The number of rotatable bonds is 4. The van der Waals surface area contributed by atoms with Crippen LogP contribution < -0.4 is 5.73 Å². The maximum absolute atomic E-state index is 9.19. The zero-order chi connectivity index (χ0) is 27.3. The number of nitrogens with two attached hydrogens (primary N) is 1. The van der Waals surface area contributed by atoms with Crippen LogP contribution in [0.25, 0.3) is 33.7 Å². The second-order valence-corrected chi connectivity index (χ2v) is 11.3. The molecule has 1 aromatic carbocycles. The molecule has 12 nitrogen and oxygen atoms in total. The van der Waals surface area contributed by atoms with Crippen LogP contribution in [0, 0.1) is 5.92 Å². The highest BCUT2D eigenvalue weighted by Crippen LogP contribution is 2.31. The van der Waals surface area contributed by atoms with Gasteiger partial charge in [0.1, 0.15) is 11.2 Å². The van der Waals surface area contributed by atoms with E-state index in [1.165, 1.54) is 0 Å². The first-order valence-corrected chi connectivity index (χ1v) is 14.3.